The lowest BCUT2D eigenvalue weighted by atomic mass is 10.1. The van der Waals surface area contributed by atoms with Gasteiger partial charge >= 0.3 is 5.97 Å². The molecule has 1 heterocycles. The normalized spacial score (nSPS) is 10.4. The number of rotatable bonds is 6. The third-order valence-electron chi connectivity index (χ3n) is 2.79. The monoisotopic (exact) mass is 275 g/mol. The SMILES string of the molecule is COC(=O)CCNCc1cc(-c2ccccc2)cs1. The third kappa shape index (κ3) is 4.19. The van der Waals surface area contributed by atoms with Gasteiger partial charge in [-0.25, -0.2) is 0 Å². The molecule has 1 N–H and O–H groups in total. The number of nitrogens with one attached hydrogen (secondary N) is 1. The molecule has 2 aromatic rings. The number of thiophene rings is 1. The van der Waals surface area contributed by atoms with Crippen LogP contribution in [-0.4, -0.2) is 19.6 Å². The summed E-state index contributed by atoms with van der Waals surface area (Å²) in [6.07, 6.45) is 0.410. The molecule has 0 saturated heterocycles. The van der Waals surface area contributed by atoms with E-state index >= 15 is 0 Å². The molecule has 0 bridgehead atoms. The van der Waals surface area contributed by atoms with Crippen molar-refractivity contribution in [1.29, 1.82) is 0 Å². The lowest BCUT2D eigenvalue weighted by Gasteiger charge is -2.01. The van der Waals surface area contributed by atoms with Crippen molar-refractivity contribution in [2.45, 2.75) is 13.0 Å². The number of esters is 1. The number of ether oxygens (including phenoxy) is 1. The van der Waals surface area contributed by atoms with Crippen molar-refractivity contribution < 1.29 is 9.53 Å². The van der Waals surface area contributed by atoms with Crippen molar-refractivity contribution in [2.24, 2.45) is 0 Å². The van der Waals surface area contributed by atoms with E-state index in [4.69, 9.17) is 0 Å². The molecule has 0 aliphatic carbocycles. The summed E-state index contributed by atoms with van der Waals surface area (Å²) in [4.78, 5) is 12.2. The fourth-order valence-corrected chi connectivity index (χ4v) is 2.62. The molecule has 0 aliphatic rings. The van der Waals surface area contributed by atoms with E-state index in [0.29, 0.717) is 13.0 Å². The van der Waals surface area contributed by atoms with Gasteiger partial charge in [-0.15, -0.1) is 11.3 Å². The molecule has 4 heteroatoms. The number of carbonyl (C=O) groups excluding carboxylic acids is 1. The average molecular weight is 275 g/mol. The summed E-state index contributed by atoms with van der Waals surface area (Å²) >= 11 is 1.73. The fourth-order valence-electron chi connectivity index (χ4n) is 1.76. The molecule has 0 spiro atoms. The van der Waals surface area contributed by atoms with Crippen molar-refractivity contribution in [2.75, 3.05) is 13.7 Å². The van der Waals surface area contributed by atoms with Gasteiger partial charge < -0.3 is 10.1 Å². The Kier molecular flexibility index (Phi) is 5.12. The van der Waals surface area contributed by atoms with Gasteiger partial charge in [-0.3, -0.25) is 4.79 Å². The Hall–Kier alpha value is -1.65. The number of methoxy groups -OCH3 is 1. The van der Waals surface area contributed by atoms with Crippen LogP contribution in [0.1, 0.15) is 11.3 Å². The average Bonchev–Trinajstić information content (AvgIpc) is 2.93. The highest BCUT2D eigenvalue weighted by atomic mass is 32.1. The minimum atomic E-state index is -0.177. The van der Waals surface area contributed by atoms with Crippen LogP contribution in [0.15, 0.2) is 41.8 Å². The molecule has 1 aromatic carbocycles. The van der Waals surface area contributed by atoms with Gasteiger partial charge in [-0.1, -0.05) is 30.3 Å². The molecule has 0 radical (unpaired) electrons. The van der Waals surface area contributed by atoms with Crippen LogP contribution in [0.2, 0.25) is 0 Å². The summed E-state index contributed by atoms with van der Waals surface area (Å²) < 4.78 is 4.59. The van der Waals surface area contributed by atoms with E-state index in [2.05, 4.69) is 33.6 Å². The Morgan fingerprint density at radius 1 is 1.26 bits per heavy atom. The van der Waals surface area contributed by atoms with Gasteiger partial charge in [0.05, 0.1) is 13.5 Å². The number of carbonyl (C=O) groups is 1. The Labute approximate surface area is 117 Å². The van der Waals surface area contributed by atoms with Crippen LogP contribution in [0.4, 0.5) is 0 Å². The van der Waals surface area contributed by atoms with Crippen LogP contribution in [0.5, 0.6) is 0 Å². The van der Waals surface area contributed by atoms with Gasteiger partial charge in [0.2, 0.25) is 0 Å². The van der Waals surface area contributed by atoms with E-state index < -0.39 is 0 Å². The minimum Gasteiger partial charge on any atom is -0.469 e. The number of hydrogen-bond donors (Lipinski definition) is 1. The highest BCUT2D eigenvalue weighted by Gasteiger charge is 2.03. The van der Waals surface area contributed by atoms with E-state index in [1.807, 2.05) is 18.2 Å². The highest BCUT2D eigenvalue weighted by Crippen LogP contribution is 2.25. The van der Waals surface area contributed by atoms with E-state index in [0.717, 1.165) is 6.54 Å². The molecule has 0 fully saturated rings. The Balaban J connectivity index is 1.83. The first kappa shape index (κ1) is 13.8. The van der Waals surface area contributed by atoms with Crippen LogP contribution in [0.3, 0.4) is 0 Å². The number of benzene rings is 1. The van der Waals surface area contributed by atoms with E-state index in [1.165, 1.54) is 23.1 Å². The standard InChI is InChI=1S/C15H17NO2S/c1-18-15(17)7-8-16-10-14-9-13(11-19-14)12-5-3-2-4-6-12/h2-6,9,11,16H,7-8,10H2,1H3. The summed E-state index contributed by atoms with van der Waals surface area (Å²) in [7, 11) is 1.41. The molecule has 0 aliphatic heterocycles. The Bertz CT molecular complexity index is 522. The molecule has 0 amide bonds. The first-order chi connectivity index (χ1) is 9.29. The lowest BCUT2D eigenvalue weighted by Crippen LogP contribution is -2.17. The predicted molar refractivity (Wildman–Crippen MR) is 78.1 cm³/mol. The molecule has 0 unspecified atom stereocenters. The summed E-state index contributed by atoms with van der Waals surface area (Å²) in [5.74, 6) is -0.177. The van der Waals surface area contributed by atoms with Gasteiger partial charge in [-0.2, -0.15) is 0 Å². The first-order valence-corrected chi connectivity index (χ1v) is 7.08. The maximum atomic E-state index is 11.0. The second kappa shape index (κ2) is 7.07. The van der Waals surface area contributed by atoms with Crippen molar-refractivity contribution in [3.63, 3.8) is 0 Å². The molecule has 0 saturated carbocycles. The fraction of sp³-hybridized carbons (Fsp3) is 0.267. The predicted octanol–water partition coefficient (Wildman–Crippen LogP) is 3.07. The van der Waals surface area contributed by atoms with Gasteiger partial charge in [0.1, 0.15) is 0 Å². The molecular formula is C15H17NO2S. The maximum Gasteiger partial charge on any atom is 0.306 e. The van der Waals surface area contributed by atoms with Crippen molar-refractivity contribution >= 4 is 17.3 Å². The van der Waals surface area contributed by atoms with Crippen LogP contribution in [0.25, 0.3) is 11.1 Å². The highest BCUT2D eigenvalue weighted by molar-refractivity contribution is 7.10. The van der Waals surface area contributed by atoms with Crippen LogP contribution < -0.4 is 5.32 Å². The zero-order chi connectivity index (χ0) is 13.5. The van der Waals surface area contributed by atoms with Gasteiger partial charge in [0.15, 0.2) is 0 Å². The second-order valence-electron chi connectivity index (χ2n) is 4.17. The number of hydrogen-bond acceptors (Lipinski definition) is 4. The van der Waals surface area contributed by atoms with E-state index in [9.17, 15) is 4.79 Å². The first-order valence-electron chi connectivity index (χ1n) is 6.20. The summed E-state index contributed by atoms with van der Waals surface area (Å²) in [6.45, 7) is 1.43. The summed E-state index contributed by atoms with van der Waals surface area (Å²) in [5, 5.41) is 5.40. The van der Waals surface area contributed by atoms with E-state index in [1.54, 1.807) is 11.3 Å². The maximum absolute atomic E-state index is 11.0. The second-order valence-corrected chi connectivity index (χ2v) is 5.17. The molecule has 3 nitrogen and oxygen atoms in total. The van der Waals surface area contributed by atoms with Crippen LogP contribution >= 0.6 is 11.3 Å². The topological polar surface area (TPSA) is 38.3 Å². The molecule has 2 rings (SSSR count). The van der Waals surface area contributed by atoms with E-state index in [-0.39, 0.29) is 5.97 Å². The Morgan fingerprint density at radius 3 is 2.79 bits per heavy atom. The quantitative estimate of drug-likeness (QED) is 0.650. The van der Waals surface area contributed by atoms with Crippen molar-refractivity contribution in [1.82, 2.24) is 5.32 Å². The molecular weight excluding hydrogens is 258 g/mol. The molecule has 1 aromatic heterocycles. The largest absolute Gasteiger partial charge is 0.469 e. The third-order valence-corrected chi connectivity index (χ3v) is 3.73. The van der Waals surface area contributed by atoms with Gasteiger partial charge in [0.25, 0.3) is 0 Å². The molecule has 100 valence electrons. The minimum absolute atomic E-state index is 0.177. The van der Waals surface area contributed by atoms with Gasteiger partial charge in [0, 0.05) is 18.0 Å². The zero-order valence-electron chi connectivity index (χ0n) is 10.9. The lowest BCUT2D eigenvalue weighted by molar-refractivity contribution is -0.140. The van der Waals surface area contributed by atoms with Crippen molar-refractivity contribution in [3.8, 4) is 11.1 Å². The van der Waals surface area contributed by atoms with Crippen LogP contribution in [-0.2, 0) is 16.1 Å². The summed E-state index contributed by atoms with van der Waals surface area (Å²) in [6, 6.07) is 12.5. The molecule has 19 heavy (non-hydrogen) atoms. The Morgan fingerprint density at radius 2 is 2.05 bits per heavy atom. The van der Waals surface area contributed by atoms with Crippen molar-refractivity contribution in [3.05, 3.63) is 46.7 Å². The summed E-state index contributed by atoms with van der Waals surface area (Å²) in [5.41, 5.74) is 2.48. The van der Waals surface area contributed by atoms with Gasteiger partial charge in [-0.05, 0) is 22.6 Å². The van der Waals surface area contributed by atoms with Crippen LogP contribution in [0, 0.1) is 0 Å². The zero-order valence-corrected chi connectivity index (χ0v) is 11.7. The molecule has 0 atom stereocenters. The smallest absolute Gasteiger partial charge is 0.306 e.